The van der Waals surface area contributed by atoms with Crippen molar-refractivity contribution in [2.24, 2.45) is 0 Å². The monoisotopic (exact) mass is 348 g/mol. The number of ether oxygens (including phenoxy) is 2. The molecule has 0 radical (unpaired) electrons. The van der Waals surface area contributed by atoms with Crippen molar-refractivity contribution in [3.8, 4) is 0 Å². The SMILES string of the molecule is COC(=O)CNc1nn(C2OC(CO)C(O)C2O)c(=S)[nH]c1=O. The third-order valence-corrected chi connectivity index (χ3v) is 3.53. The molecule has 11 nitrogen and oxygen atoms in total. The Hall–Kier alpha value is -1.86. The Morgan fingerprint density at radius 2 is 2.22 bits per heavy atom. The Labute approximate surface area is 134 Å². The number of aromatic nitrogens is 3. The quantitative estimate of drug-likeness (QED) is 0.284. The summed E-state index contributed by atoms with van der Waals surface area (Å²) in [6, 6.07) is 0. The molecule has 1 aromatic heterocycles. The highest BCUT2D eigenvalue weighted by Gasteiger charge is 2.44. The van der Waals surface area contributed by atoms with Crippen LogP contribution in [0.3, 0.4) is 0 Å². The number of esters is 1. The summed E-state index contributed by atoms with van der Waals surface area (Å²) in [6.45, 7) is -0.821. The van der Waals surface area contributed by atoms with E-state index >= 15 is 0 Å². The highest BCUT2D eigenvalue weighted by molar-refractivity contribution is 7.71. The second-order valence-electron chi connectivity index (χ2n) is 4.71. The molecule has 1 fully saturated rings. The molecule has 4 atom stereocenters. The third kappa shape index (κ3) is 3.56. The molecule has 5 N–H and O–H groups in total. The van der Waals surface area contributed by atoms with Gasteiger partial charge < -0.3 is 30.1 Å². The van der Waals surface area contributed by atoms with E-state index in [0.29, 0.717) is 0 Å². The average Bonchev–Trinajstić information content (AvgIpc) is 2.81. The van der Waals surface area contributed by atoms with Crippen molar-refractivity contribution in [3.63, 3.8) is 0 Å². The van der Waals surface area contributed by atoms with Gasteiger partial charge in [-0.25, -0.2) is 4.68 Å². The van der Waals surface area contributed by atoms with Gasteiger partial charge in [0.1, 0.15) is 24.9 Å². The number of carbonyl (C=O) groups is 1. The fraction of sp³-hybridized carbons (Fsp3) is 0.636. The number of aromatic amines is 1. The number of nitrogens with zero attached hydrogens (tertiary/aromatic N) is 2. The van der Waals surface area contributed by atoms with Crippen LogP contribution in [0.2, 0.25) is 0 Å². The first kappa shape index (κ1) is 17.5. The number of anilines is 1. The van der Waals surface area contributed by atoms with Gasteiger partial charge in [-0.2, -0.15) is 0 Å². The molecule has 128 valence electrons. The first-order valence-corrected chi connectivity index (χ1v) is 6.96. The third-order valence-electron chi connectivity index (χ3n) is 3.24. The van der Waals surface area contributed by atoms with E-state index < -0.39 is 42.7 Å². The van der Waals surface area contributed by atoms with Gasteiger partial charge in [-0.05, 0) is 12.2 Å². The summed E-state index contributed by atoms with van der Waals surface area (Å²) in [6.07, 6.45) is -4.97. The van der Waals surface area contributed by atoms with Gasteiger partial charge in [0.15, 0.2) is 11.0 Å². The second kappa shape index (κ2) is 7.14. The van der Waals surface area contributed by atoms with E-state index in [0.717, 1.165) is 4.68 Å². The normalized spacial score (nSPS) is 27.0. The number of hydrogen-bond donors (Lipinski definition) is 5. The van der Waals surface area contributed by atoms with Crippen molar-refractivity contribution >= 4 is 24.0 Å². The van der Waals surface area contributed by atoms with E-state index in [-0.39, 0.29) is 17.1 Å². The lowest BCUT2D eigenvalue weighted by molar-refractivity contribution is -0.138. The molecule has 4 unspecified atom stereocenters. The fourth-order valence-corrected chi connectivity index (χ4v) is 2.25. The molecule has 1 aromatic rings. The van der Waals surface area contributed by atoms with Crippen LogP contribution >= 0.6 is 12.2 Å². The van der Waals surface area contributed by atoms with Crippen LogP contribution in [0.25, 0.3) is 0 Å². The minimum Gasteiger partial charge on any atom is -0.468 e. The number of aliphatic hydroxyl groups excluding tert-OH is 3. The number of aliphatic hydroxyl groups is 3. The standard InChI is InChI=1S/C11H16N4O7S/c1-21-5(17)2-12-8-9(20)13-11(23)15(14-8)10-7(19)6(18)4(3-16)22-10/h4,6-7,10,16,18-19H,2-3H2,1H3,(H,12,14)(H,13,20,23). The number of H-pyrrole nitrogens is 1. The van der Waals surface area contributed by atoms with Crippen LogP contribution in [-0.4, -0.2) is 74.6 Å². The average molecular weight is 348 g/mol. The zero-order valence-corrected chi connectivity index (χ0v) is 12.8. The predicted octanol–water partition coefficient (Wildman–Crippen LogP) is -2.50. The van der Waals surface area contributed by atoms with Crippen LogP contribution in [0.5, 0.6) is 0 Å². The second-order valence-corrected chi connectivity index (χ2v) is 5.10. The van der Waals surface area contributed by atoms with Crippen LogP contribution in [0.4, 0.5) is 5.82 Å². The van der Waals surface area contributed by atoms with Gasteiger partial charge in [0.05, 0.1) is 13.7 Å². The number of rotatable bonds is 5. The Morgan fingerprint density at radius 1 is 1.52 bits per heavy atom. The minimum absolute atomic E-state index is 0.159. The van der Waals surface area contributed by atoms with Gasteiger partial charge in [0, 0.05) is 0 Å². The van der Waals surface area contributed by atoms with E-state index in [9.17, 15) is 19.8 Å². The zero-order chi connectivity index (χ0) is 17.1. The van der Waals surface area contributed by atoms with Crippen LogP contribution in [0, 0.1) is 4.77 Å². The predicted molar refractivity (Wildman–Crippen MR) is 77.2 cm³/mol. The lowest BCUT2D eigenvalue weighted by Crippen LogP contribution is -2.34. The van der Waals surface area contributed by atoms with Crippen molar-refractivity contribution in [1.29, 1.82) is 0 Å². The van der Waals surface area contributed by atoms with Gasteiger partial charge in [-0.1, -0.05) is 0 Å². The molecule has 1 aliphatic rings. The van der Waals surface area contributed by atoms with E-state index in [4.69, 9.17) is 22.1 Å². The van der Waals surface area contributed by atoms with E-state index in [2.05, 4.69) is 20.1 Å². The van der Waals surface area contributed by atoms with Crippen molar-refractivity contribution in [2.45, 2.75) is 24.5 Å². The molecule has 0 spiro atoms. The molecule has 0 bridgehead atoms. The first-order chi connectivity index (χ1) is 10.9. The van der Waals surface area contributed by atoms with Crippen molar-refractivity contribution < 1.29 is 29.6 Å². The highest BCUT2D eigenvalue weighted by atomic mass is 32.1. The number of nitrogens with one attached hydrogen (secondary N) is 2. The lowest BCUT2D eigenvalue weighted by atomic mass is 10.1. The minimum atomic E-state index is -1.41. The molecule has 2 heterocycles. The molecule has 0 amide bonds. The summed E-state index contributed by atoms with van der Waals surface area (Å²) >= 11 is 4.95. The number of methoxy groups -OCH3 is 1. The van der Waals surface area contributed by atoms with Gasteiger partial charge in [-0.3, -0.25) is 14.6 Å². The maximum absolute atomic E-state index is 11.8. The summed E-state index contributed by atoms with van der Waals surface area (Å²) in [5.74, 6) is -0.866. The molecule has 1 saturated heterocycles. The van der Waals surface area contributed by atoms with Crippen molar-refractivity contribution in [2.75, 3.05) is 25.6 Å². The van der Waals surface area contributed by atoms with Crippen LogP contribution in [0.15, 0.2) is 4.79 Å². The molecular formula is C11H16N4O7S. The number of hydrogen-bond acceptors (Lipinski definition) is 10. The molecule has 1 aliphatic heterocycles. The highest BCUT2D eigenvalue weighted by Crippen LogP contribution is 2.28. The Bertz CT molecular complexity index is 690. The van der Waals surface area contributed by atoms with Gasteiger partial charge in [-0.15, -0.1) is 5.10 Å². The summed E-state index contributed by atoms with van der Waals surface area (Å²) < 4.78 is 10.5. The smallest absolute Gasteiger partial charge is 0.325 e. The van der Waals surface area contributed by atoms with Crippen LogP contribution < -0.4 is 10.9 Å². The van der Waals surface area contributed by atoms with E-state index in [1.54, 1.807) is 0 Å². The molecule has 0 aliphatic carbocycles. The summed E-state index contributed by atoms with van der Waals surface area (Å²) in [4.78, 5) is 25.2. The fourth-order valence-electron chi connectivity index (χ4n) is 2.01. The summed E-state index contributed by atoms with van der Waals surface area (Å²) in [5, 5.41) is 35.2. The van der Waals surface area contributed by atoms with Crippen LogP contribution in [-0.2, 0) is 14.3 Å². The molecule has 2 rings (SSSR count). The topological polar surface area (TPSA) is 159 Å². The van der Waals surface area contributed by atoms with Crippen molar-refractivity contribution in [3.05, 3.63) is 15.1 Å². The molecule has 23 heavy (non-hydrogen) atoms. The first-order valence-electron chi connectivity index (χ1n) is 6.55. The Morgan fingerprint density at radius 3 is 2.78 bits per heavy atom. The largest absolute Gasteiger partial charge is 0.468 e. The molecule has 0 saturated carbocycles. The van der Waals surface area contributed by atoms with Gasteiger partial charge in [0.25, 0.3) is 5.56 Å². The maximum Gasteiger partial charge on any atom is 0.325 e. The summed E-state index contributed by atoms with van der Waals surface area (Å²) in [5.41, 5.74) is -0.679. The molecular weight excluding hydrogens is 332 g/mol. The number of carbonyl (C=O) groups excluding carboxylic acids is 1. The van der Waals surface area contributed by atoms with Gasteiger partial charge in [0.2, 0.25) is 5.82 Å². The molecule has 0 aromatic carbocycles. The van der Waals surface area contributed by atoms with E-state index in [1.165, 1.54) is 7.11 Å². The van der Waals surface area contributed by atoms with Crippen LogP contribution in [0.1, 0.15) is 6.23 Å². The van der Waals surface area contributed by atoms with Gasteiger partial charge >= 0.3 is 5.97 Å². The Kier molecular flexibility index (Phi) is 5.43. The zero-order valence-electron chi connectivity index (χ0n) is 12.0. The lowest BCUT2D eigenvalue weighted by Gasteiger charge is -2.17. The maximum atomic E-state index is 11.8. The Balaban J connectivity index is 2.31. The van der Waals surface area contributed by atoms with E-state index in [1.807, 2.05) is 0 Å². The molecule has 12 heteroatoms. The summed E-state index contributed by atoms with van der Waals surface area (Å²) in [7, 11) is 1.19. The van der Waals surface area contributed by atoms with Crippen molar-refractivity contribution in [1.82, 2.24) is 14.8 Å².